The average molecular weight is 234 g/mol. The van der Waals surface area contributed by atoms with E-state index in [0.717, 1.165) is 11.7 Å². The third-order valence-electron chi connectivity index (χ3n) is 2.92. The molecular formula is C13H18N2S. The number of rotatable bonds is 3. The van der Waals surface area contributed by atoms with Gasteiger partial charge in [0.2, 0.25) is 0 Å². The van der Waals surface area contributed by atoms with Gasteiger partial charge in [0, 0.05) is 19.6 Å². The number of hydrogen-bond donors (Lipinski definition) is 1. The molecular weight excluding hydrogens is 216 g/mol. The first-order chi connectivity index (χ1) is 7.66. The van der Waals surface area contributed by atoms with Gasteiger partial charge in [-0.15, -0.1) is 0 Å². The van der Waals surface area contributed by atoms with E-state index in [2.05, 4.69) is 41.4 Å². The SMILES string of the molecule is Cc1ccccc1CN(C)C(=S)NC1CC1. The van der Waals surface area contributed by atoms with Gasteiger partial charge in [-0.1, -0.05) is 24.3 Å². The molecule has 0 spiro atoms. The smallest absolute Gasteiger partial charge is 0.169 e. The summed E-state index contributed by atoms with van der Waals surface area (Å²) in [4.78, 5) is 2.11. The van der Waals surface area contributed by atoms with E-state index in [1.807, 2.05) is 7.05 Å². The topological polar surface area (TPSA) is 15.3 Å². The van der Waals surface area contributed by atoms with Crippen molar-refractivity contribution in [3.05, 3.63) is 35.4 Å². The lowest BCUT2D eigenvalue weighted by Gasteiger charge is -2.21. The average Bonchev–Trinajstić information content (AvgIpc) is 3.05. The highest BCUT2D eigenvalue weighted by molar-refractivity contribution is 7.80. The van der Waals surface area contributed by atoms with E-state index in [1.165, 1.54) is 24.0 Å². The van der Waals surface area contributed by atoms with E-state index in [-0.39, 0.29) is 0 Å². The van der Waals surface area contributed by atoms with Crippen molar-refractivity contribution in [1.29, 1.82) is 0 Å². The van der Waals surface area contributed by atoms with Crippen LogP contribution in [0.4, 0.5) is 0 Å². The Morgan fingerprint density at radius 3 is 2.75 bits per heavy atom. The second-order valence-electron chi connectivity index (χ2n) is 4.51. The first kappa shape index (κ1) is 11.4. The summed E-state index contributed by atoms with van der Waals surface area (Å²) >= 11 is 5.35. The summed E-state index contributed by atoms with van der Waals surface area (Å²) in [5.74, 6) is 0. The summed E-state index contributed by atoms with van der Waals surface area (Å²) in [7, 11) is 2.05. The lowest BCUT2D eigenvalue weighted by atomic mass is 10.1. The molecule has 1 N–H and O–H groups in total. The number of nitrogens with zero attached hydrogens (tertiary/aromatic N) is 1. The highest BCUT2D eigenvalue weighted by Crippen LogP contribution is 2.19. The van der Waals surface area contributed by atoms with Gasteiger partial charge in [-0.3, -0.25) is 0 Å². The highest BCUT2D eigenvalue weighted by Gasteiger charge is 2.22. The maximum absolute atomic E-state index is 5.35. The Hall–Kier alpha value is -1.09. The van der Waals surface area contributed by atoms with Crippen LogP contribution in [0.15, 0.2) is 24.3 Å². The van der Waals surface area contributed by atoms with Crippen molar-refractivity contribution in [3.63, 3.8) is 0 Å². The number of aryl methyl sites for hydroxylation is 1. The van der Waals surface area contributed by atoms with Gasteiger partial charge in [0.15, 0.2) is 5.11 Å². The molecule has 0 heterocycles. The zero-order valence-corrected chi connectivity index (χ0v) is 10.7. The van der Waals surface area contributed by atoms with Gasteiger partial charge in [0.05, 0.1) is 0 Å². The monoisotopic (exact) mass is 234 g/mol. The molecule has 2 rings (SSSR count). The number of benzene rings is 1. The summed E-state index contributed by atoms with van der Waals surface area (Å²) in [5, 5.41) is 4.22. The molecule has 1 fully saturated rings. The molecule has 2 nitrogen and oxygen atoms in total. The molecule has 16 heavy (non-hydrogen) atoms. The molecule has 1 aromatic carbocycles. The van der Waals surface area contributed by atoms with Crippen molar-refractivity contribution < 1.29 is 0 Å². The third kappa shape index (κ3) is 2.95. The van der Waals surface area contributed by atoms with Crippen molar-refractivity contribution in [2.24, 2.45) is 0 Å². The molecule has 0 radical (unpaired) electrons. The van der Waals surface area contributed by atoms with E-state index in [1.54, 1.807) is 0 Å². The summed E-state index contributed by atoms with van der Waals surface area (Å²) in [5.41, 5.74) is 2.66. The predicted octanol–water partition coefficient (Wildman–Crippen LogP) is 2.46. The second kappa shape index (κ2) is 4.83. The largest absolute Gasteiger partial charge is 0.360 e. The molecule has 1 saturated carbocycles. The second-order valence-corrected chi connectivity index (χ2v) is 4.89. The Labute approximate surface area is 103 Å². The van der Waals surface area contributed by atoms with Crippen LogP contribution in [0.1, 0.15) is 24.0 Å². The van der Waals surface area contributed by atoms with Crippen molar-refractivity contribution in [3.8, 4) is 0 Å². The van der Waals surface area contributed by atoms with Crippen LogP contribution in [0.25, 0.3) is 0 Å². The van der Waals surface area contributed by atoms with E-state index in [9.17, 15) is 0 Å². The Balaban J connectivity index is 1.92. The molecule has 0 saturated heterocycles. The Kier molecular flexibility index (Phi) is 3.44. The quantitative estimate of drug-likeness (QED) is 0.809. The van der Waals surface area contributed by atoms with Crippen LogP contribution in [0.2, 0.25) is 0 Å². The van der Waals surface area contributed by atoms with Crippen LogP contribution in [0.5, 0.6) is 0 Å². The van der Waals surface area contributed by atoms with Crippen LogP contribution in [-0.4, -0.2) is 23.1 Å². The number of hydrogen-bond acceptors (Lipinski definition) is 1. The Bertz CT molecular complexity index is 385. The van der Waals surface area contributed by atoms with Crippen LogP contribution in [0, 0.1) is 6.92 Å². The van der Waals surface area contributed by atoms with Gasteiger partial charge < -0.3 is 10.2 Å². The van der Waals surface area contributed by atoms with Gasteiger partial charge >= 0.3 is 0 Å². The fraction of sp³-hybridized carbons (Fsp3) is 0.462. The van der Waals surface area contributed by atoms with Gasteiger partial charge in [-0.25, -0.2) is 0 Å². The van der Waals surface area contributed by atoms with Crippen molar-refractivity contribution in [2.45, 2.75) is 32.4 Å². The Morgan fingerprint density at radius 2 is 2.12 bits per heavy atom. The molecule has 1 aromatic rings. The zero-order chi connectivity index (χ0) is 11.5. The van der Waals surface area contributed by atoms with E-state index >= 15 is 0 Å². The first-order valence-corrected chi connectivity index (χ1v) is 6.14. The summed E-state index contributed by atoms with van der Waals surface area (Å²) in [6.07, 6.45) is 2.52. The summed E-state index contributed by atoms with van der Waals surface area (Å²) < 4.78 is 0. The standard InChI is InChI=1S/C13H18N2S/c1-10-5-3-4-6-11(10)9-15(2)13(16)14-12-7-8-12/h3-6,12H,7-9H2,1-2H3,(H,14,16). The fourth-order valence-electron chi connectivity index (χ4n) is 1.63. The molecule has 86 valence electrons. The van der Waals surface area contributed by atoms with Gasteiger partial charge in [0.25, 0.3) is 0 Å². The van der Waals surface area contributed by atoms with Gasteiger partial charge in [-0.05, 0) is 43.1 Å². The van der Waals surface area contributed by atoms with E-state index in [0.29, 0.717) is 6.04 Å². The van der Waals surface area contributed by atoms with Crippen molar-refractivity contribution in [1.82, 2.24) is 10.2 Å². The first-order valence-electron chi connectivity index (χ1n) is 5.73. The number of thiocarbonyl (C=S) groups is 1. The van der Waals surface area contributed by atoms with Gasteiger partial charge in [0.1, 0.15) is 0 Å². The summed E-state index contributed by atoms with van der Waals surface area (Å²) in [6, 6.07) is 9.08. The van der Waals surface area contributed by atoms with Crippen molar-refractivity contribution in [2.75, 3.05) is 7.05 Å². The zero-order valence-electron chi connectivity index (χ0n) is 9.86. The minimum absolute atomic E-state index is 0.631. The molecule has 0 atom stereocenters. The van der Waals surface area contributed by atoms with E-state index in [4.69, 9.17) is 12.2 Å². The molecule has 0 aliphatic heterocycles. The lowest BCUT2D eigenvalue weighted by Crippen LogP contribution is -2.37. The van der Waals surface area contributed by atoms with Crippen LogP contribution >= 0.6 is 12.2 Å². The molecule has 0 aromatic heterocycles. The lowest BCUT2D eigenvalue weighted by molar-refractivity contribution is 0.487. The van der Waals surface area contributed by atoms with Crippen LogP contribution < -0.4 is 5.32 Å². The molecule has 1 aliphatic rings. The molecule has 0 unspecified atom stereocenters. The maximum atomic E-state index is 5.35. The van der Waals surface area contributed by atoms with Gasteiger partial charge in [-0.2, -0.15) is 0 Å². The molecule has 3 heteroatoms. The predicted molar refractivity (Wildman–Crippen MR) is 71.4 cm³/mol. The minimum atomic E-state index is 0.631. The van der Waals surface area contributed by atoms with Crippen LogP contribution in [-0.2, 0) is 6.54 Å². The summed E-state index contributed by atoms with van der Waals surface area (Å²) in [6.45, 7) is 3.02. The molecule has 0 amide bonds. The Morgan fingerprint density at radius 1 is 1.44 bits per heavy atom. The van der Waals surface area contributed by atoms with Crippen LogP contribution in [0.3, 0.4) is 0 Å². The highest BCUT2D eigenvalue weighted by atomic mass is 32.1. The minimum Gasteiger partial charge on any atom is -0.360 e. The maximum Gasteiger partial charge on any atom is 0.169 e. The van der Waals surface area contributed by atoms with E-state index < -0.39 is 0 Å². The molecule has 0 bridgehead atoms. The normalized spacial score (nSPS) is 14.6. The molecule has 1 aliphatic carbocycles. The van der Waals surface area contributed by atoms with Crippen molar-refractivity contribution >= 4 is 17.3 Å². The number of nitrogens with one attached hydrogen (secondary N) is 1. The fourth-order valence-corrected chi connectivity index (χ4v) is 1.86. The third-order valence-corrected chi connectivity index (χ3v) is 3.35.